The van der Waals surface area contributed by atoms with Crippen LogP contribution in [0.1, 0.15) is 26.2 Å². The highest BCUT2D eigenvalue weighted by molar-refractivity contribution is 6.36. The maximum Gasteiger partial charge on any atom is 0.226 e. The maximum absolute atomic E-state index is 11.9. The third-order valence-electron chi connectivity index (χ3n) is 3.18. The number of benzene rings is 1. The van der Waals surface area contributed by atoms with E-state index in [1.165, 1.54) is 6.92 Å². The van der Waals surface area contributed by atoms with Gasteiger partial charge in [0.15, 0.2) is 0 Å². The van der Waals surface area contributed by atoms with Gasteiger partial charge in [0.25, 0.3) is 0 Å². The highest BCUT2D eigenvalue weighted by Gasteiger charge is 2.30. The summed E-state index contributed by atoms with van der Waals surface area (Å²) in [5, 5.41) is 3.64. The third-order valence-corrected chi connectivity index (χ3v) is 3.72. The van der Waals surface area contributed by atoms with Gasteiger partial charge in [-0.2, -0.15) is 0 Å². The van der Waals surface area contributed by atoms with Crippen molar-refractivity contribution in [3.8, 4) is 0 Å². The van der Waals surface area contributed by atoms with Crippen LogP contribution >= 0.6 is 23.2 Å². The summed E-state index contributed by atoms with van der Waals surface area (Å²) in [4.78, 5) is 25.1. The Labute approximate surface area is 128 Å². The topological polar surface area (TPSA) is 49.4 Å². The number of carbonyl (C=O) groups is 2. The van der Waals surface area contributed by atoms with E-state index in [9.17, 15) is 9.59 Å². The van der Waals surface area contributed by atoms with Crippen molar-refractivity contribution < 1.29 is 9.59 Å². The summed E-state index contributed by atoms with van der Waals surface area (Å²) in [6.07, 6.45) is 2.32. The average Bonchev–Trinajstić information content (AvgIpc) is 3.17. The van der Waals surface area contributed by atoms with Crippen molar-refractivity contribution in [2.24, 2.45) is 0 Å². The molecule has 0 spiro atoms. The summed E-state index contributed by atoms with van der Waals surface area (Å²) in [6.45, 7) is 1.98. The number of rotatable bonds is 5. The van der Waals surface area contributed by atoms with Crippen LogP contribution in [0.25, 0.3) is 0 Å². The summed E-state index contributed by atoms with van der Waals surface area (Å²) in [5.74, 6) is -0.147. The number of amides is 2. The lowest BCUT2D eigenvalue weighted by Crippen LogP contribution is -2.33. The summed E-state index contributed by atoms with van der Waals surface area (Å²) < 4.78 is 0. The number of hydrogen-bond acceptors (Lipinski definition) is 2. The highest BCUT2D eigenvalue weighted by Crippen LogP contribution is 2.27. The molecule has 1 aliphatic carbocycles. The number of nitrogens with one attached hydrogen (secondary N) is 1. The van der Waals surface area contributed by atoms with Gasteiger partial charge in [-0.05, 0) is 31.0 Å². The Morgan fingerprint density at radius 3 is 2.60 bits per heavy atom. The van der Waals surface area contributed by atoms with E-state index in [0.29, 0.717) is 28.3 Å². The molecule has 0 saturated heterocycles. The van der Waals surface area contributed by atoms with E-state index >= 15 is 0 Å². The zero-order valence-electron chi connectivity index (χ0n) is 11.2. The van der Waals surface area contributed by atoms with Gasteiger partial charge in [0.2, 0.25) is 11.8 Å². The molecule has 0 unspecified atom stereocenters. The number of halogens is 2. The molecule has 1 saturated carbocycles. The average molecular weight is 315 g/mol. The number of anilines is 1. The van der Waals surface area contributed by atoms with E-state index in [4.69, 9.17) is 23.2 Å². The zero-order chi connectivity index (χ0) is 14.7. The largest absolute Gasteiger partial charge is 0.339 e. The standard InChI is InChI=1S/C14H16Cl2N2O2/c1-9(19)18(11-3-4-11)7-6-14(20)17-13-5-2-10(15)8-12(13)16/h2,5,8,11H,3-4,6-7H2,1H3,(H,17,20). The van der Waals surface area contributed by atoms with Gasteiger partial charge in [-0.25, -0.2) is 0 Å². The normalized spacial score (nSPS) is 13.9. The first-order valence-electron chi connectivity index (χ1n) is 6.49. The van der Waals surface area contributed by atoms with Crippen molar-refractivity contribution in [1.29, 1.82) is 0 Å². The van der Waals surface area contributed by atoms with Crippen molar-refractivity contribution in [2.75, 3.05) is 11.9 Å². The third kappa shape index (κ3) is 4.12. The van der Waals surface area contributed by atoms with E-state index in [1.807, 2.05) is 0 Å². The van der Waals surface area contributed by atoms with E-state index in [1.54, 1.807) is 23.1 Å². The van der Waals surface area contributed by atoms with Crippen LogP contribution in [0.5, 0.6) is 0 Å². The molecular formula is C14H16Cl2N2O2. The van der Waals surface area contributed by atoms with E-state index < -0.39 is 0 Å². The molecule has 0 radical (unpaired) electrons. The molecule has 1 fully saturated rings. The molecule has 2 amide bonds. The van der Waals surface area contributed by atoms with E-state index in [2.05, 4.69) is 5.32 Å². The monoisotopic (exact) mass is 314 g/mol. The van der Waals surface area contributed by atoms with Gasteiger partial charge in [-0.1, -0.05) is 23.2 Å². The van der Waals surface area contributed by atoms with Crippen molar-refractivity contribution in [2.45, 2.75) is 32.2 Å². The molecule has 1 aromatic rings. The first-order valence-corrected chi connectivity index (χ1v) is 7.25. The second-order valence-corrected chi connectivity index (χ2v) is 5.71. The molecule has 1 N–H and O–H groups in total. The molecule has 0 heterocycles. The Hall–Kier alpha value is -1.26. The molecule has 6 heteroatoms. The van der Waals surface area contributed by atoms with Crippen LogP contribution < -0.4 is 5.32 Å². The second-order valence-electron chi connectivity index (χ2n) is 4.87. The van der Waals surface area contributed by atoms with Crippen molar-refractivity contribution in [1.82, 2.24) is 4.90 Å². The van der Waals surface area contributed by atoms with Gasteiger partial charge in [-0.3, -0.25) is 9.59 Å². The Morgan fingerprint density at radius 2 is 2.05 bits per heavy atom. The molecule has 1 aliphatic rings. The Bertz CT molecular complexity index is 530. The Kier molecular flexibility index (Phi) is 4.89. The van der Waals surface area contributed by atoms with Gasteiger partial charge < -0.3 is 10.2 Å². The van der Waals surface area contributed by atoms with Crippen LogP contribution in [0.4, 0.5) is 5.69 Å². The summed E-state index contributed by atoms with van der Waals surface area (Å²) in [6, 6.07) is 5.21. The Morgan fingerprint density at radius 1 is 1.35 bits per heavy atom. The lowest BCUT2D eigenvalue weighted by Gasteiger charge is -2.20. The van der Waals surface area contributed by atoms with Crippen LogP contribution in [-0.2, 0) is 9.59 Å². The molecular weight excluding hydrogens is 299 g/mol. The molecule has 0 aliphatic heterocycles. The van der Waals surface area contributed by atoms with Crippen LogP contribution in [0.2, 0.25) is 10.0 Å². The van der Waals surface area contributed by atoms with Crippen molar-refractivity contribution in [3.63, 3.8) is 0 Å². The number of nitrogens with zero attached hydrogens (tertiary/aromatic N) is 1. The fraction of sp³-hybridized carbons (Fsp3) is 0.429. The van der Waals surface area contributed by atoms with Gasteiger partial charge in [0.1, 0.15) is 0 Å². The van der Waals surface area contributed by atoms with Gasteiger partial charge in [0.05, 0.1) is 10.7 Å². The van der Waals surface area contributed by atoms with Gasteiger partial charge >= 0.3 is 0 Å². The van der Waals surface area contributed by atoms with Crippen LogP contribution in [0.3, 0.4) is 0 Å². The molecule has 0 atom stereocenters. The number of hydrogen-bond donors (Lipinski definition) is 1. The fourth-order valence-corrected chi connectivity index (χ4v) is 2.46. The summed E-state index contributed by atoms with van der Waals surface area (Å²) >= 11 is 11.8. The second kappa shape index (κ2) is 6.46. The minimum Gasteiger partial charge on any atom is -0.339 e. The lowest BCUT2D eigenvalue weighted by atomic mass is 10.3. The van der Waals surface area contributed by atoms with Gasteiger partial charge in [-0.15, -0.1) is 0 Å². The minimum atomic E-state index is -0.166. The quantitative estimate of drug-likeness (QED) is 0.906. The fourth-order valence-electron chi connectivity index (χ4n) is 2.01. The first kappa shape index (κ1) is 15.1. The summed E-state index contributed by atoms with van der Waals surface area (Å²) in [5.41, 5.74) is 0.530. The van der Waals surface area contributed by atoms with Crippen LogP contribution in [0, 0.1) is 0 Å². The summed E-state index contributed by atoms with van der Waals surface area (Å²) in [7, 11) is 0. The van der Waals surface area contributed by atoms with Gasteiger partial charge in [0, 0.05) is 31.0 Å². The molecule has 4 nitrogen and oxygen atoms in total. The first-order chi connectivity index (χ1) is 9.47. The zero-order valence-corrected chi connectivity index (χ0v) is 12.7. The smallest absolute Gasteiger partial charge is 0.226 e. The number of carbonyl (C=O) groups excluding carboxylic acids is 2. The minimum absolute atomic E-state index is 0.0184. The van der Waals surface area contributed by atoms with Crippen LogP contribution in [0.15, 0.2) is 18.2 Å². The maximum atomic E-state index is 11.9. The predicted molar refractivity (Wildman–Crippen MR) is 80.1 cm³/mol. The highest BCUT2D eigenvalue weighted by atomic mass is 35.5. The van der Waals surface area contributed by atoms with E-state index in [-0.39, 0.29) is 18.2 Å². The molecule has 108 valence electrons. The predicted octanol–water partition coefficient (Wildman–Crippen LogP) is 3.33. The molecule has 0 aromatic heterocycles. The SMILES string of the molecule is CC(=O)N(CCC(=O)Nc1ccc(Cl)cc1Cl)C1CC1. The van der Waals surface area contributed by atoms with Crippen molar-refractivity contribution >= 4 is 40.7 Å². The van der Waals surface area contributed by atoms with E-state index in [0.717, 1.165) is 12.8 Å². The molecule has 0 bridgehead atoms. The van der Waals surface area contributed by atoms with Crippen molar-refractivity contribution in [3.05, 3.63) is 28.2 Å². The van der Waals surface area contributed by atoms with Crippen LogP contribution in [-0.4, -0.2) is 29.3 Å². The molecule has 1 aromatic carbocycles. The molecule has 2 rings (SSSR count). The lowest BCUT2D eigenvalue weighted by molar-refractivity contribution is -0.129. The Balaban J connectivity index is 1.87. The molecule has 20 heavy (non-hydrogen) atoms.